The lowest BCUT2D eigenvalue weighted by Crippen LogP contribution is -2.03. The van der Waals surface area contributed by atoms with Crippen LogP contribution in [0, 0.1) is 11.8 Å². The maximum atomic E-state index is 6.04. The zero-order valence-corrected chi connectivity index (χ0v) is 19.1. The predicted octanol–water partition coefficient (Wildman–Crippen LogP) is 7.45. The van der Waals surface area contributed by atoms with E-state index in [0.29, 0.717) is 6.61 Å². The summed E-state index contributed by atoms with van der Waals surface area (Å²) in [4.78, 5) is 0. The Morgan fingerprint density at radius 2 is 1.55 bits per heavy atom. The third kappa shape index (κ3) is 5.92. The highest BCUT2D eigenvalue weighted by Gasteiger charge is 2.10. The number of benzene rings is 4. The summed E-state index contributed by atoms with van der Waals surface area (Å²) in [5.41, 5.74) is 4.28. The van der Waals surface area contributed by atoms with Crippen molar-refractivity contribution in [3.05, 3.63) is 120 Å². The number of ether oxygens (including phenoxy) is 2. The van der Waals surface area contributed by atoms with Gasteiger partial charge in [0.2, 0.25) is 0 Å². The Bertz CT molecular complexity index is 1280. The maximum Gasteiger partial charge on any atom is 0.119 e. The van der Waals surface area contributed by atoms with Crippen LogP contribution in [-0.2, 0) is 4.74 Å². The first-order chi connectivity index (χ1) is 16.3. The summed E-state index contributed by atoms with van der Waals surface area (Å²) >= 11 is 0. The summed E-state index contributed by atoms with van der Waals surface area (Å²) in [6.07, 6.45) is 2.96. The van der Waals surface area contributed by atoms with Crippen molar-refractivity contribution in [2.24, 2.45) is 0 Å². The fourth-order valence-corrected chi connectivity index (χ4v) is 3.82. The summed E-state index contributed by atoms with van der Waals surface area (Å²) in [6.45, 7) is 2.70. The average Bonchev–Trinajstić information content (AvgIpc) is 2.88. The Balaban J connectivity index is 1.65. The van der Waals surface area contributed by atoms with Crippen LogP contribution < -0.4 is 4.74 Å². The largest absolute Gasteiger partial charge is 0.497 e. The third-order valence-corrected chi connectivity index (χ3v) is 5.55. The molecule has 4 rings (SSSR count). The van der Waals surface area contributed by atoms with Gasteiger partial charge in [-0.2, -0.15) is 0 Å². The third-order valence-electron chi connectivity index (χ3n) is 5.55. The Hall–Kier alpha value is -3.80. The lowest BCUT2D eigenvalue weighted by atomic mass is 10.0. The van der Waals surface area contributed by atoms with Gasteiger partial charge in [0.05, 0.1) is 13.2 Å². The molecule has 0 aliphatic rings. The van der Waals surface area contributed by atoms with Crippen molar-refractivity contribution in [2.75, 3.05) is 13.7 Å². The van der Waals surface area contributed by atoms with E-state index in [1.165, 1.54) is 5.56 Å². The topological polar surface area (TPSA) is 18.5 Å². The van der Waals surface area contributed by atoms with Gasteiger partial charge in [-0.25, -0.2) is 0 Å². The molecule has 0 radical (unpaired) electrons. The van der Waals surface area contributed by atoms with E-state index in [1.54, 1.807) is 7.11 Å². The molecule has 0 saturated carbocycles. The molecule has 0 amide bonds. The molecule has 0 fully saturated rings. The fourth-order valence-electron chi connectivity index (χ4n) is 3.82. The van der Waals surface area contributed by atoms with Gasteiger partial charge in [0.25, 0.3) is 0 Å². The van der Waals surface area contributed by atoms with Gasteiger partial charge in [0, 0.05) is 17.7 Å². The van der Waals surface area contributed by atoms with Crippen LogP contribution in [0.5, 0.6) is 5.75 Å². The molecule has 2 nitrogen and oxygen atoms in total. The van der Waals surface area contributed by atoms with Crippen LogP contribution in [0.15, 0.2) is 103 Å². The number of hydrogen-bond donors (Lipinski definition) is 0. The SMILES string of the molecule is CCOC(C/C=C(\C#Cc1ccc2cc(OC)ccc2c1)c1ccccc1)c1ccccc1. The molecule has 4 aromatic carbocycles. The van der Waals surface area contributed by atoms with Crippen LogP contribution in [0.4, 0.5) is 0 Å². The highest BCUT2D eigenvalue weighted by Crippen LogP contribution is 2.25. The van der Waals surface area contributed by atoms with Crippen LogP contribution in [-0.4, -0.2) is 13.7 Å². The molecule has 0 N–H and O–H groups in total. The van der Waals surface area contributed by atoms with Crippen molar-refractivity contribution < 1.29 is 9.47 Å². The molecule has 164 valence electrons. The molecule has 0 saturated heterocycles. The number of methoxy groups -OCH3 is 1. The summed E-state index contributed by atoms with van der Waals surface area (Å²) in [5, 5.41) is 2.29. The molecule has 0 aromatic heterocycles. The molecule has 0 aliphatic heterocycles. The standard InChI is InChI=1S/C31H28O2/c1-3-33-31(27-12-8-5-9-13-27)21-19-26(25-10-6-4-7-11-25)16-14-24-15-17-29-23-30(32-2)20-18-28(29)22-24/h4-13,15,17-20,22-23,31H,3,21H2,1-2H3/b26-19+. The molecule has 1 atom stereocenters. The van der Waals surface area contributed by atoms with Gasteiger partial charge in [-0.3, -0.25) is 0 Å². The molecule has 2 heteroatoms. The minimum absolute atomic E-state index is 0.00682. The second-order valence-corrected chi connectivity index (χ2v) is 7.75. The van der Waals surface area contributed by atoms with Gasteiger partial charge < -0.3 is 9.47 Å². The monoisotopic (exact) mass is 432 g/mol. The molecule has 1 unspecified atom stereocenters. The van der Waals surface area contributed by atoms with Crippen molar-refractivity contribution in [1.82, 2.24) is 0 Å². The van der Waals surface area contributed by atoms with Crippen molar-refractivity contribution in [3.63, 3.8) is 0 Å². The van der Waals surface area contributed by atoms with Crippen LogP contribution in [0.2, 0.25) is 0 Å². The number of hydrogen-bond acceptors (Lipinski definition) is 2. The molecule has 0 aliphatic carbocycles. The molecule has 0 spiro atoms. The van der Waals surface area contributed by atoms with Crippen molar-refractivity contribution in [2.45, 2.75) is 19.4 Å². The van der Waals surface area contributed by atoms with E-state index in [1.807, 2.05) is 43.3 Å². The smallest absolute Gasteiger partial charge is 0.119 e. The van der Waals surface area contributed by atoms with Crippen molar-refractivity contribution in [3.8, 4) is 17.6 Å². The first-order valence-electron chi connectivity index (χ1n) is 11.3. The van der Waals surface area contributed by atoms with Crippen LogP contribution in [0.25, 0.3) is 16.3 Å². The Kier molecular flexibility index (Phi) is 7.59. The first kappa shape index (κ1) is 22.4. The zero-order valence-electron chi connectivity index (χ0n) is 19.1. The molecular weight excluding hydrogens is 404 g/mol. The predicted molar refractivity (Wildman–Crippen MR) is 137 cm³/mol. The van der Waals surface area contributed by atoms with Crippen LogP contribution >= 0.6 is 0 Å². The van der Waals surface area contributed by atoms with Gasteiger partial charge >= 0.3 is 0 Å². The average molecular weight is 433 g/mol. The van der Waals surface area contributed by atoms with E-state index in [-0.39, 0.29) is 6.10 Å². The van der Waals surface area contributed by atoms with E-state index < -0.39 is 0 Å². The second kappa shape index (κ2) is 11.2. The zero-order chi connectivity index (χ0) is 22.9. The highest BCUT2D eigenvalue weighted by atomic mass is 16.5. The minimum atomic E-state index is 0.00682. The van der Waals surface area contributed by atoms with Crippen LogP contribution in [0.1, 0.15) is 36.1 Å². The van der Waals surface area contributed by atoms with Gasteiger partial charge in [-0.05, 0) is 59.5 Å². The maximum absolute atomic E-state index is 6.04. The molecular formula is C31H28O2. The van der Waals surface area contributed by atoms with Gasteiger partial charge in [-0.1, -0.05) is 90.7 Å². The Labute approximate surface area is 196 Å². The van der Waals surface area contributed by atoms with E-state index in [9.17, 15) is 0 Å². The summed E-state index contributed by atoms with van der Waals surface area (Å²) in [7, 11) is 1.69. The lowest BCUT2D eigenvalue weighted by molar-refractivity contribution is 0.0648. The van der Waals surface area contributed by atoms with E-state index in [0.717, 1.165) is 39.6 Å². The van der Waals surface area contributed by atoms with Crippen molar-refractivity contribution in [1.29, 1.82) is 0 Å². The second-order valence-electron chi connectivity index (χ2n) is 7.75. The molecule has 0 bridgehead atoms. The molecule has 4 aromatic rings. The summed E-state index contributed by atoms with van der Waals surface area (Å²) < 4.78 is 11.4. The van der Waals surface area contributed by atoms with Crippen molar-refractivity contribution >= 4 is 16.3 Å². The first-order valence-corrected chi connectivity index (χ1v) is 11.3. The highest BCUT2D eigenvalue weighted by molar-refractivity contribution is 5.86. The lowest BCUT2D eigenvalue weighted by Gasteiger charge is -2.16. The van der Waals surface area contributed by atoms with Gasteiger partial charge in [0.15, 0.2) is 0 Å². The number of fused-ring (bicyclic) bond motifs is 1. The van der Waals surface area contributed by atoms with E-state index >= 15 is 0 Å². The number of rotatable bonds is 7. The normalized spacial score (nSPS) is 12.1. The molecule has 33 heavy (non-hydrogen) atoms. The molecule has 0 heterocycles. The van der Waals surface area contributed by atoms with Gasteiger partial charge in [-0.15, -0.1) is 0 Å². The van der Waals surface area contributed by atoms with Gasteiger partial charge in [0.1, 0.15) is 5.75 Å². The van der Waals surface area contributed by atoms with Crippen LogP contribution in [0.3, 0.4) is 0 Å². The minimum Gasteiger partial charge on any atom is -0.497 e. The Morgan fingerprint density at radius 3 is 2.27 bits per heavy atom. The fraction of sp³-hybridized carbons (Fsp3) is 0.161. The Morgan fingerprint density at radius 1 is 0.848 bits per heavy atom. The summed E-state index contributed by atoms with van der Waals surface area (Å²) in [5.74, 6) is 7.65. The quantitative estimate of drug-likeness (QED) is 0.282. The van der Waals surface area contributed by atoms with E-state index in [4.69, 9.17) is 9.47 Å². The summed E-state index contributed by atoms with van der Waals surface area (Å²) in [6, 6.07) is 33.1. The van der Waals surface area contributed by atoms with E-state index in [2.05, 4.69) is 78.6 Å². The number of allylic oxidation sites excluding steroid dienone is 1.